The smallest absolute Gasteiger partial charge is 0.0695 e. The molecule has 2 aliphatic rings. The van der Waals surface area contributed by atoms with Crippen LogP contribution in [0.3, 0.4) is 0 Å². The summed E-state index contributed by atoms with van der Waals surface area (Å²) < 4.78 is 0. The highest BCUT2D eigenvalue weighted by atomic mass is 16.3. The third kappa shape index (κ3) is 2.52. The van der Waals surface area contributed by atoms with Crippen LogP contribution in [0.1, 0.15) is 39.0 Å². The van der Waals surface area contributed by atoms with Gasteiger partial charge in [0.2, 0.25) is 0 Å². The van der Waals surface area contributed by atoms with E-state index in [1.165, 1.54) is 6.42 Å². The van der Waals surface area contributed by atoms with Gasteiger partial charge in [-0.25, -0.2) is 0 Å². The van der Waals surface area contributed by atoms with E-state index in [-0.39, 0.29) is 12.2 Å². The summed E-state index contributed by atoms with van der Waals surface area (Å²) in [5.41, 5.74) is 0. The highest BCUT2D eigenvalue weighted by molar-refractivity contribution is 4.88. The second-order valence-corrected chi connectivity index (χ2v) is 5.18. The minimum Gasteiger partial charge on any atom is -0.393 e. The molecule has 0 radical (unpaired) electrons. The maximum absolute atomic E-state index is 9.83. The van der Waals surface area contributed by atoms with Crippen molar-refractivity contribution in [1.82, 2.24) is 4.90 Å². The van der Waals surface area contributed by atoms with Gasteiger partial charge in [-0.2, -0.15) is 0 Å². The first-order valence-corrected chi connectivity index (χ1v) is 6.28. The van der Waals surface area contributed by atoms with Crippen molar-refractivity contribution in [3.8, 4) is 0 Å². The van der Waals surface area contributed by atoms with Gasteiger partial charge in [-0.1, -0.05) is 0 Å². The van der Waals surface area contributed by atoms with E-state index in [1.807, 2.05) is 6.92 Å². The summed E-state index contributed by atoms with van der Waals surface area (Å²) in [6, 6.07) is 0.403. The predicted molar refractivity (Wildman–Crippen MR) is 59.6 cm³/mol. The van der Waals surface area contributed by atoms with Crippen LogP contribution in [0.15, 0.2) is 0 Å². The molecule has 2 N–H and O–H groups in total. The van der Waals surface area contributed by atoms with Crippen LogP contribution in [0, 0.1) is 5.92 Å². The molecule has 0 amide bonds. The normalized spacial score (nSPS) is 37.0. The van der Waals surface area contributed by atoms with Gasteiger partial charge in [-0.05, 0) is 58.0 Å². The number of piperidine rings is 1. The van der Waals surface area contributed by atoms with Crippen molar-refractivity contribution in [1.29, 1.82) is 0 Å². The van der Waals surface area contributed by atoms with Crippen molar-refractivity contribution in [3.63, 3.8) is 0 Å². The summed E-state index contributed by atoms with van der Waals surface area (Å²) in [6.07, 6.45) is 5.19. The molecule has 2 fully saturated rings. The topological polar surface area (TPSA) is 43.7 Å². The van der Waals surface area contributed by atoms with E-state index >= 15 is 0 Å². The molecular formula is C12H23NO2. The lowest BCUT2D eigenvalue weighted by atomic mass is 9.91. The molecule has 1 heterocycles. The lowest BCUT2D eigenvalue weighted by Gasteiger charge is -2.38. The van der Waals surface area contributed by atoms with Crippen LogP contribution >= 0.6 is 0 Å². The van der Waals surface area contributed by atoms with Crippen LogP contribution in [0.25, 0.3) is 0 Å². The summed E-state index contributed by atoms with van der Waals surface area (Å²) in [4.78, 5) is 2.43. The van der Waals surface area contributed by atoms with E-state index in [2.05, 4.69) is 4.90 Å². The van der Waals surface area contributed by atoms with Crippen molar-refractivity contribution in [2.24, 2.45) is 5.92 Å². The van der Waals surface area contributed by atoms with Gasteiger partial charge in [0.15, 0.2) is 0 Å². The van der Waals surface area contributed by atoms with Gasteiger partial charge >= 0.3 is 0 Å². The van der Waals surface area contributed by atoms with Crippen LogP contribution in [-0.4, -0.2) is 46.5 Å². The number of hydrogen-bond acceptors (Lipinski definition) is 3. The molecule has 1 unspecified atom stereocenters. The molecule has 3 nitrogen and oxygen atoms in total. The van der Waals surface area contributed by atoms with Crippen molar-refractivity contribution in [2.75, 3.05) is 13.1 Å². The molecular weight excluding hydrogens is 190 g/mol. The fraction of sp³-hybridized carbons (Fsp3) is 1.00. The number of nitrogens with zero attached hydrogens (tertiary/aromatic N) is 1. The molecule has 3 heteroatoms. The van der Waals surface area contributed by atoms with E-state index in [4.69, 9.17) is 0 Å². The van der Waals surface area contributed by atoms with Crippen molar-refractivity contribution in [2.45, 2.75) is 57.3 Å². The zero-order valence-corrected chi connectivity index (χ0v) is 9.60. The monoisotopic (exact) mass is 213 g/mol. The minimum atomic E-state index is -0.166. The maximum Gasteiger partial charge on any atom is 0.0695 e. The minimum absolute atomic E-state index is 0.104. The van der Waals surface area contributed by atoms with Crippen LogP contribution in [-0.2, 0) is 0 Å². The second-order valence-electron chi connectivity index (χ2n) is 5.18. The SMILES string of the molecule is CC(O)C1CCN([C@@H]2CCC[C@H]2O)CC1. The lowest BCUT2D eigenvalue weighted by Crippen LogP contribution is -2.46. The molecule has 0 spiro atoms. The van der Waals surface area contributed by atoms with E-state index in [0.717, 1.165) is 38.8 Å². The average molecular weight is 213 g/mol. The summed E-state index contributed by atoms with van der Waals surface area (Å²) in [5.74, 6) is 0.472. The molecule has 15 heavy (non-hydrogen) atoms. The Morgan fingerprint density at radius 1 is 1.13 bits per heavy atom. The average Bonchev–Trinajstić information content (AvgIpc) is 2.65. The van der Waals surface area contributed by atoms with Gasteiger partial charge in [0.25, 0.3) is 0 Å². The second kappa shape index (κ2) is 4.81. The molecule has 88 valence electrons. The first-order chi connectivity index (χ1) is 7.18. The number of likely N-dealkylation sites (tertiary alicyclic amines) is 1. The number of rotatable bonds is 2. The van der Waals surface area contributed by atoms with Gasteiger partial charge < -0.3 is 10.2 Å². The van der Waals surface area contributed by atoms with E-state index in [0.29, 0.717) is 12.0 Å². The van der Waals surface area contributed by atoms with Crippen LogP contribution in [0.4, 0.5) is 0 Å². The fourth-order valence-corrected chi connectivity index (χ4v) is 3.08. The van der Waals surface area contributed by atoms with Gasteiger partial charge in [0.05, 0.1) is 12.2 Å². The van der Waals surface area contributed by atoms with Crippen molar-refractivity contribution in [3.05, 3.63) is 0 Å². The summed E-state index contributed by atoms with van der Waals surface area (Å²) in [5, 5.41) is 19.3. The first-order valence-electron chi connectivity index (χ1n) is 6.28. The zero-order valence-electron chi connectivity index (χ0n) is 9.60. The van der Waals surface area contributed by atoms with E-state index in [1.54, 1.807) is 0 Å². The third-order valence-electron chi connectivity index (χ3n) is 4.17. The van der Waals surface area contributed by atoms with E-state index < -0.39 is 0 Å². The van der Waals surface area contributed by atoms with Gasteiger partial charge in [0.1, 0.15) is 0 Å². The zero-order chi connectivity index (χ0) is 10.8. The number of aliphatic hydroxyl groups excluding tert-OH is 2. The largest absolute Gasteiger partial charge is 0.393 e. The Morgan fingerprint density at radius 3 is 2.27 bits per heavy atom. The standard InChI is InChI=1S/C12H23NO2/c1-9(14)10-5-7-13(8-6-10)11-3-2-4-12(11)15/h9-12,14-15H,2-8H2,1H3/t9?,11-,12-/m1/s1. The Morgan fingerprint density at radius 2 is 1.80 bits per heavy atom. The molecule has 1 saturated heterocycles. The van der Waals surface area contributed by atoms with E-state index in [9.17, 15) is 10.2 Å². The Balaban J connectivity index is 1.82. The molecule has 0 aromatic rings. The van der Waals surface area contributed by atoms with Crippen LogP contribution in [0.5, 0.6) is 0 Å². The molecule has 1 aliphatic carbocycles. The molecule has 1 aliphatic heterocycles. The van der Waals surface area contributed by atoms with Crippen LogP contribution in [0.2, 0.25) is 0 Å². The highest BCUT2D eigenvalue weighted by Gasteiger charge is 2.33. The van der Waals surface area contributed by atoms with Gasteiger partial charge in [-0.3, -0.25) is 4.90 Å². The van der Waals surface area contributed by atoms with Crippen molar-refractivity contribution >= 4 is 0 Å². The number of hydrogen-bond donors (Lipinski definition) is 2. The molecule has 0 bridgehead atoms. The predicted octanol–water partition coefficient (Wildman–Crippen LogP) is 0.993. The quantitative estimate of drug-likeness (QED) is 0.719. The Bertz CT molecular complexity index is 200. The summed E-state index contributed by atoms with van der Waals surface area (Å²) in [7, 11) is 0. The summed E-state index contributed by atoms with van der Waals surface area (Å²) in [6.45, 7) is 4.00. The highest BCUT2D eigenvalue weighted by Crippen LogP contribution is 2.29. The van der Waals surface area contributed by atoms with Gasteiger partial charge in [0, 0.05) is 6.04 Å². The lowest BCUT2D eigenvalue weighted by molar-refractivity contribution is 0.0219. The van der Waals surface area contributed by atoms with Crippen LogP contribution < -0.4 is 0 Å². The molecule has 0 aromatic heterocycles. The maximum atomic E-state index is 9.83. The molecule has 3 atom stereocenters. The first kappa shape index (κ1) is 11.4. The molecule has 2 rings (SSSR count). The summed E-state index contributed by atoms with van der Waals surface area (Å²) >= 11 is 0. The van der Waals surface area contributed by atoms with Gasteiger partial charge in [-0.15, -0.1) is 0 Å². The Kier molecular flexibility index (Phi) is 3.65. The third-order valence-corrected chi connectivity index (χ3v) is 4.17. The Labute approximate surface area is 92.1 Å². The molecule has 1 saturated carbocycles. The Hall–Kier alpha value is -0.120. The molecule has 0 aromatic carbocycles. The van der Waals surface area contributed by atoms with Crippen molar-refractivity contribution < 1.29 is 10.2 Å². The number of aliphatic hydroxyl groups is 2. The fourth-order valence-electron chi connectivity index (χ4n) is 3.08.